The van der Waals surface area contributed by atoms with Crippen LogP contribution in [0.5, 0.6) is 0 Å². The lowest BCUT2D eigenvalue weighted by Gasteiger charge is -2.18. The summed E-state index contributed by atoms with van der Waals surface area (Å²) in [7, 11) is 1.43. The SMILES string of the molecule is COC(=O)c1sc(C2CC3CCC2C3)nc1C. The molecule has 3 atom stereocenters. The number of rotatable bonds is 2. The Kier molecular flexibility index (Phi) is 2.69. The highest BCUT2D eigenvalue weighted by Crippen LogP contribution is 2.53. The smallest absolute Gasteiger partial charge is 0.349 e. The van der Waals surface area contributed by atoms with E-state index in [9.17, 15) is 4.79 Å². The minimum absolute atomic E-state index is 0.241. The van der Waals surface area contributed by atoms with Crippen LogP contribution in [0.1, 0.15) is 52.0 Å². The second-order valence-electron chi connectivity index (χ2n) is 5.24. The second-order valence-corrected chi connectivity index (χ2v) is 6.27. The molecule has 4 heteroatoms. The molecule has 17 heavy (non-hydrogen) atoms. The van der Waals surface area contributed by atoms with Crippen molar-refractivity contribution in [3.05, 3.63) is 15.6 Å². The zero-order valence-corrected chi connectivity index (χ0v) is 11.0. The number of esters is 1. The molecule has 3 nitrogen and oxygen atoms in total. The first kappa shape index (κ1) is 11.2. The normalized spacial score (nSPS) is 30.8. The van der Waals surface area contributed by atoms with E-state index in [1.165, 1.54) is 32.8 Å². The summed E-state index contributed by atoms with van der Waals surface area (Å²) < 4.78 is 4.79. The van der Waals surface area contributed by atoms with E-state index in [0.29, 0.717) is 10.8 Å². The predicted octanol–water partition coefficient (Wildman–Crippen LogP) is 3.14. The summed E-state index contributed by atoms with van der Waals surface area (Å²) in [6.07, 6.45) is 5.39. The zero-order valence-electron chi connectivity index (χ0n) is 10.2. The molecule has 0 N–H and O–H groups in total. The standard InChI is InChI=1S/C13H17NO2S/c1-7-11(13(15)16-2)17-12(14-7)10-6-8-3-4-9(10)5-8/h8-10H,3-6H2,1-2H3. The van der Waals surface area contributed by atoms with Crippen molar-refractivity contribution < 1.29 is 9.53 Å². The average molecular weight is 251 g/mol. The van der Waals surface area contributed by atoms with Crippen molar-refractivity contribution in [2.24, 2.45) is 11.8 Å². The van der Waals surface area contributed by atoms with Gasteiger partial charge in [-0.1, -0.05) is 6.42 Å². The summed E-state index contributed by atoms with van der Waals surface area (Å²) in [4.78, 5) is 16.9. The van der Waals surface area contributed by atoms with E-state index in [1.54, 1.807) is 11.3 Å². The number of aromatic nitrogens is 1. The molecular formula is C13H17NO2S. The number of fused-ring (bicyclic) bond motifs is 2. The van der Waals surface area contributed by atoms with Crippen LogP contribution in [0.4, 0.5) is 0 Å². The fraction of sp³-hybridized carbons (Fsp3) is 0.692. The van der Waals surface area contributed by atoms with Gasteiger partial charge in [0, 0.05) is 5.92 Å². The Balaban J connectivity index is 1.87. The maximum atomic E-state index is 11.6. The monoisotopic (exact) mass is 251 g/mol. The Morgan fingerprint density at radius 1 is 1.41 bits per heavy atom. The Bertz CT molecular complexity index is 454. The molecule has 0 saturated heterocycles. The molecular weight excluding hydrogens is 234 g/mol. The third kappa shape index (κ3) is 1.79. The van der Waals surface area contributed by atoms with Gasteiger partial charge in [0.2, 0.25) is 0 Å². The van der Waals surface area contributed by atoms with Gasteiger partial charge >= 0.3 is 5.97 Å². The van der Waals surface area contributed by atoms with Gasteiger partial charge in [-0.25, -0.2) is 9.78 Å². The van der Waals surface area contributed by atoms with Crippen molar-refractivity contribution in [1.82, 2.24) is 4.98 Å². The van der Waals surface area contributed by atoms with Crippen LogP contribution in [-0.4, -0.2) is 18.1 Å². The maximum Gasteiger partial charge on any atom is 0.349 e. The Morgan fingerprint density at radius 3 is 2.82 bits per heavy atom. The predicted molar refractivity (Wildman–Crippen MR) is 66.4 cm³/mol. The van der Waals surface area contributed by atoms with Crippen molar-refractivity contribution in [2.75, 3.05) is 7.11 Å². The number of carbonyl (C=O) groups excluding carboxylic acids is 1. The molecule has 0 amide bonds. The number of hydrogen-bond donors (Lipinski definition) is 0. The van der Waals surface area contributed by atoms with Crippen molar-refractivity contribution in [3.63, 3.8) is 0 Å². The molecule has 0 radical (unpaired) electrons. The lowest BCUT2D eigenvalue weighted by Crippen LogP contribution is -2.07. The lowest BCUT2D eigenvalue weighted by atomic mass is 9.89. The lowest BCUT2D eigenvalue weighted by molar-refractivity contribution is 0.0605. The molecule has 1 heterocycles. The summed E-state index contributed by atoms with van der Waals surface area (Å²) in [5, 5.41) is 1.16. The highest BCUT2D eigenvalue weighted by atomic mass is 32.1. The largest absolute Gasteiger partial charge is 0.465 e. The van der Waals surface area contributed by atoms with Gasteiger partial charge in [0.05, 0.1) is 17.8 Å². The van der Waals surface area contributed by atoms with E-state index in [2.05, 4.69) is 4.98 Å². The minimum atomic E-state index is -0.241. The van der Waals surface area contributed by atoms with E-state index in [4.69, 9.17) is 4.74 Å². The minimum Gasteiger partial charge on any atom is -0.465 e. The van der Waals surface area contributed by atoms with Gasteiger partial charge in [0.15, 0.2) is 0 Å². The van der Waals surface area contributed by atoms with E-state index in [1.807, 2.05) is 6.92 Å². The summed E-state index contributed by atoms with van der Waals surface area (Å²) in [6, 6.07) is 0. The molecule has 2 bridgehead atoms. The molecule has 3 rings (SSSR count). The van der Waals surface area contributed by atoms with E-state index >= 15 is 0 Å². The number of ether oxygens (including phenoxy) is 1. The number of nitrogens with zero attached hydrogens (tertiary/aromatic N) is 1. The van der Waals surface area contributed by atoms with Crippen molar-refractivity contribution in [3.8, 4) is 0 Å². The van der Waals surface area contributed by atoms with Gasteiger partial charge in [-0.05, 0) is 38.0 Å². The third-order valence-electron chi connectivity index (χ3n) is 4.24. The molecule has 1 aromatic rings. The highest BCUT2D eigenvalue weighted by Gasteiger charge is 2.41. The maximum absolute atomic E-state index is 11.6. The molecule has 1 aromatic heterocycles. The number of methoxy groups -OCH3 is 1. The van der Waals surface area contributed by atoms with Crippen molar-refractivity contribution in [1.29, 1.82) is 0 Å². The van der Waals surface area contributed by atoms with E-state index < -0.39 is 0 Å². The Labute approximate surface area is 105 Å². The zero-order chi connectivity index (χ0) is 12.0. The van der Waals surface area contributed by atoms with Gasteiger partial charge in [-0.2, -0.15) is 0 Å². The van der Waals surface area contributed by atoms with Gasteiger partial charge in [0.25, 0.3) is 0 Å². The van der Waals surface area contributed by atoms with Crippen LogP contribution in [0.3, 0.4) is 0 Å². The summed E-state index contributed by atoms with van der Waals surface area (Å²) >= 11 is 1.54. The molecule has 3 unspecified atom stereocenters. The number of thiazole rings is 1. The quantitative estimate of drug-likeness (QED) is 0.758. The summed E-state index contributed by atoms with van der Waals surface area (Å²) in [6.45, 7) is 1.90. The molecule has 2 fully saturated rings. The topological polar surface area (TPSA) is 39.2 Å². The van der Waals surface area contributed by atoms with Crippen LogP contribution in [0.15, 0.2) is 0 Å². The van der Waals surface area contributed by atoms with Crippen LogP contribution < -0.4 is 0 Å². The van der Waals surface area contributed by atoms with Gasteiger partial charge < -0.3 is 4.74 Å². The molecule has 92 valence electrons. The second kappa shape index (κ2) is 4.09. The van der Waals surface area contributed by atoms with Crippen LogP contribution in [-0.2, 0) is 4.74 Å². The first-order chi connectivity index (χ1) is 8.19. The Hall–Kier alpha value is -0.900. The van der Waals surface area contributed by atoms with Crippen LogP contribution in [0.2, 0.25) is 0 Å². The van der Waals surface area contributed by atoms with E-state index in [0.717, 1.165) is 22.5 Å². The average Bonchev–Trinajstić information content (AvgIpc) is 3.01. The summed E-state index contributed by atoms with van der Waals surface area (Å²) in [5.74, 6) is 2.09. The fourth-order valence-electron chi connectivity index (χ4n) is 3.41. The number of hydrogen-bond acceptors (Lipinski definition) is 4. The van der Waals surface area contributed by atoms with Crippen molar-refractivity contribution >= 4 is 17.3 Å². The summed E-state index contributed by atoms with van der Waals surface area (Å²) in [5.41, 5.74) is 0.833. The van der Waals surface area contributed by atoms with E-state index in [-0.39, 0.29) is 5.97 Å². The van der Waals surface area contributed by atoms with Crippen LogP contribution in [0.25, 0.3) is 0 Å². The van der Waals surface area contributed by atoms with Gasteiger partial charge in [-0.3, -0.25) is 0 Å². The Morgan fingerprint density at radius 2 is 2.24 bits per heavy atom. The molecule has 0 aliphatic heterocycles. The molecule has 2 saturated carbocycles. The molecule has 0 aromatic carbocycles. The number of aryl methyl sites for hydroxylation is 1. The molecule has 0 spiro atoms. The van der Waals surface area contributed by atoms with Crippen LogP contribution in [0, 0.1) is 18.8 Å². The third-order valence-corrected chi connectivity index (χ3v) is 5.51. The molecule has 2 aliphatic rings. The van der Waals surface area contributed by atoms with Gasteiger partial charge in [-0.15, -0.1) is 11.3 Å². The van der Waals surface area contributed by atoms with Gasteiger partial charge in [0.1, 0.15) is 4.88 Å². The first-order valence-corrected chi connectivity index (χ1v) is 7.06. The first-order valence-electron chi connectivity index (χ1n) is 6.24. The fourth-order valence-corrected chi connectivity index (χ4v) is 4.60. The number of carbonyl (C=O) groups is 1. The highest BCUT2D eigenvalue weighted by molar-refractivity contribution is 7.13. The van der Waals surface area contributed by atoms with Crippen LogP contribution >= 0.6 is 11.3 Å². The van der Waals surface area contributed by atoms with Crippen molar-refractivity contribution in [2.45, 2.75) is 38.5 Å². The molecule has 2 aliphatic carbocycles.